The van der Waals surface area contributed by atoms with Crippen molar-refractivity contribution in [1.29, 1.82) is 0 Å². The van der Waals surface area contributed by atoms with Crippen LogP contribution >= 0.6 is 12.2 Å². The number of rotatable bonds is 7. The third-order valence-corrected chi connectivity index (χ3v) is 5.28. The summed E-state index contributed by atoms with van der Waals surface area (Å²) in [5.41, 5.74) is 3.70. The molecule has 0 radical (unpaired) electrons. The Bertz CT molecular complexity index is 770. The Hall–Kier alpha value is -2.15. The second-order valence-corrected chi connectivity index (χ2v) is 8.06. The molecule has 6 heteroatoms. The van der Waals surface area contributed by atoms with Crippen LogP contribution in [0.1, 0.15) is 30.5 Å². The van der Waals surface area contributed by atoms with Gasteiger partial charge in [-0.25, -0.2) is 0 Å². The van der Waals surface area contributed by atoms with Gasteiger partial charge in [0.1, 0.15) is 5.75 Å². The molecule has 0 aliphatic carbocycles. The van der Waals surface area contributed by atoms with Gasteiger partial charge in [-0.15, -0.1) is 0 Å². The summed E-state index contributed by atoms with van der Waals surface area (Å²) >= 11 is 5.39. The Kier molecular flexibility index (Phi) is 7.86. The average Bonchev–Trinajstić information content (AvgIpc) is 2.71. The zero-order valence-electron chi connectivity index (χ0n) is 17.5. The molecule has 0 spiro atoms. The lowest BCUT2D eigenvalue weighted by Crippen LogP contribution is -2.44. The molecule has 2 N–H and O–H groups in total. The monoisotopic (exact) mass is 413 g/mol. The first kappa shape index (κ1) is 21.6. The van der Waals surface area contributed by atoms with Gasteiger partial charge in [-0.05, 0) is 54.9 Å². The van der Waals surface area contributed by atoms with E-state index in [1.807, 2.05) is 24.3 Å². The summed E-state index contributed by atoms with van der Waals surface area (Å²) in [6, 6.07) is 16.7. The van der Waals surface area contributed by atoms with E-state index >= 15 is 0 Å². The first-order valence-corrected chi connectivity index (χ1v) is 10.5. The van der Waals surface area contributed by atoms with E-state index in [0.29, 0.717) is 30.4 Å². The summed E-state index contributed by atoms with van der Waals surface area (Å²) in [5.74, 6) is 0.857. The molecular formula is C23H31N3O2S. The number of benzene rings is 2. The predicted octanol–water partition coefficient (Wildman–Crippen LogP) is 3.47. The van der Waals surface area contributed by atoms with Gasteiger partial charge in [-0.1, -0.05) is 36.4 Å². The van der Waals surface area contributed by atoms with Crippen molar-refractivity contribution in [3.8, 4) is 5.75 Å². The summed E-state index contributed by atoms with van der Waals surface area (Å²) < 4.78 is 11.0. The Morgan fingerprint density at radius 3 is 1.93 bits per heavy atom. The quantitative estimate of drug-likeness (QED) is 0.678. The highest BCUT2D eigenvalue weighted by atomic mass is 32.1. The van der Waals surface area contributed by atoms with Crippen molar-refractivity contribution >= 4 is 17.3 Å². The molecule has 1 heterocycles. The molecule has 0 bridgehead atoms. The molecule has 3 rings (SSSR count). The van der Waals surface area contributed by atoms with E-state index in [1.165, 1.54) is 11.1 Å². The van der Waals surface area contributed by atoms with E-state index in [2.05, 4.69) is 53.6 Å². The molecule has 2 aromatic carbocycles. The maximum Gasteiger partial charge on any atom is 0.166 e. The number of hydrogen-bond donors (Lipinski definition) is 2. The van der Waals surface area contributed by atoms with Crippen LogP contribution in [-0.4, -0.2) is 42.4 Å². The van der Waals surface area contributed by atoms with Crippen LogP contribution in [0.5, 0.6) is 5.75 Å². The summed E-state index contributed by atoms with van der Waals surface area (Å²) in [7, 11) is 1.67. The van der Waals surface area contributed by atoms with Crippen molar-refractivity contribution in [2.24, 2.45) is 0 Å². The van der Waals surface area contributed by atoms with Crippen molar-refractivity contribution in [3.63, 3.8) is 0 Å². The lowest BCUT2D eigenvalue weighted by molar-refractivity contribution is -0.0704. The molecule has 156 valence electrons. The SMILES string of the molecule is COc1ccc(CNC(=S)NCc2ccc(CN3CC(C)OC(C)C3)cc2)cc1. The molecule has 1 aliphatic heterocycles. The molecule has 2 aromatic rings. The molecule has 0 saturated carbocycles. The summed E-state index contributed by atoms with van der Waals surface area (Å²) in [6.07, 6.45) is 0.599. The van der Waals surface area contributed by atoms with Gasteiger partial charge < -0.3 is 20.1 Å². The second kappa shape index (κ2) is 10.6. The summed E-state index contributed by atoms with van der Waals surface area (Å²) in [5, 5.41) is 7.17. The molecular weight excluding hydrogens is 382 g/mol. The van der Waals surface area contributed by atoms with Gasteiger partial charge in [0.15, 0.2) is 5.11 Å². The molecule has 1 fully saturated rings. The Balaban J connectivity index is 1.40. The zero-order valence-corrected chi connectivity index (χ0v) is 18.3. The molecule has 0 aromatic heterocycles. The van der Waals surface area contributed by atoms with E-state index in [0.717, 1.165) is 30.9 Å². The van der Waals surface area contributed by atoms with Gasteiger partial charge in [0, 0.05) is 32.7 Å². The van der Waals surface area contributed by atoms with Gasteiger partial charge in [0.05, 0.1) is 19.3 Å². The minimum Gasteiger partial charge on any atom is -0.497 e. The van der Waals surface area contributed by atoms with Gasteiger partial charge in [-0.3, -0.25) is 4.90 Å². The molecule has 5 nitrogen and oxygen atoms in total. The number of methoxy groups -OCH3 is 1. The molecule has 2 unspecified atom stereocenters. The van der Waals surface area contributed by atoms with Crippen molar-refractivity contribution < 1.29 is 9.47 Å². The van der Waals surface area contributed by atoms with E-state index in [1.54, 1.807) is 7.11 Å². The topological polar surface area (TPSA) is 45.8 Å². The van der Waals surface area contributed by atoms with Crippen LogP contribution in [0.25, 0.3) is 0 Å². The fraction of sp³-hybridized carbons (Fsp3) is 0.435. The maximum absolute atomic E-state index is 5.81. The van der Waals surface area contributed by atoms with E-state index in [-0.39, 0.29) is 0 Å². The fourth-order valence-corrected chi connectivity index (χ4v) is 3.75. The van der Waals surface area contributed by atoms with Gasteiger partial charge in [0.25, 0.3) is 0 Å². The Morgan fingerprint density at radius 2 is 1.41 bits per heavy atom. The van der Waals surface area contributed by atoms with Crippen LogP contribution in [0, 0.1) is 0 Å². The molecule has 1 saturated heterocycles. The fourth-order valence-electron chi connectivity index (χ4n) is 3.60. The average molecular weight is 414 g/mol. The van der Waals surface area contributed by atoms with E-state index < -0.39 is 0 Å². The lowest BCUT2D eigenvalue weighted by atomic mass is 10.1. The summed E-state index contributed by atoms with van der Waals surface area (Å²) in [6.45, 7) is 8.62. The minimum atomic E-state index is 0.300. The van der Waals surface area contributed by atoms with Crippen molar-refractivity contribution in [2.75, 3.05) is 20.2 Å². The number of nitrogens with one attached hydrogen (secondary N) is 2. The number of ether oxygens (including phenoxy) is 2. The smallest absolute Gasteiger partial charge is 0.166 e. The van der Waals surface area contributed by atoms with Crippen molar-refractivity contribution in [2.45, 2.75) is 45.7 Å². The van der Waals surface area contributed by atoms with E-state index in [4.69, 9.17) is 21.7 Å². The standard InChI is InChI=1S/C23H31N3O2S/c1-17-14-26(15-18(2)28-17)16-21-6-4-19(5-7-21)12-24-23(29)25-13-20-8-10-22(27-3)11-9-20/h4-11,17-18H,12-16H2,1-3H3,(H2,24,25,29). The minimum absolute atomic E-state index is 0.300. The number of thiocarbonyl (C=S) groups is 1. The number of nitrogens with zero attached hydrogens (tertiary/aromatic N) is 1. The largest absolute Gasteiger partial charge is 0.497 e. The zero-order chi connectivity index (χ0) is 20.6. The third kappa shape index (κ3) is 6.99. The van der Waals surface area contributed by atoms with Crippen LogP contribution in [0.4, 0.5) is 0 Å². The van der Waals surface area contributed by atoms with Crippen LogP contribution in [-0.2, 0) is 24.4 Å². The number of morpholine rings is 1. The van der Waals surface area contributed by atoms with Crippen LogP contribution in [0.2, 0.25) is 0 Å². The maximum atomic E-state index is 5.81. The first-order valence-electron chi connectivity index (χ1n) is 10.1. The van der Waals surface area contributed by atoms with E-state index in [9.17, 15) is 0 Å². The Morgan fingerprint density at radius 1 is 0.931 bits per heavy atom. The van der Waals surface area contributed by atoms with Gasteiger partial charge in [0.2, 0.25) is 0 Å². The van der Waals surface area contributed by atoms with Crippen molar-refractivity contribution in [3.05, 3.63) is 65.2 Å². The van der Waals surface area contributed by atoms with Crippen LogP contribution < -0.4 is 15.4 Å². The van der Waals surface area contributed by atoms with Crippen LogP contribution in [0.15, 0.2) is 48.5 Å². The molecule has 0 amide bonds. The molecule has 1 aliphatic rings. The highest BCUT2D eigenvalue weighted by Crippen LogP contribution is 2.15. The predicted molar refractivity (Wildman–Crippen MR) is 121 cm³/mol. The Labute approximate surface area is 179 Å². The highest BCUT2D eigenvalue weighted by molar-refractivity contribution is 7.80. The lowest BCUT2D eigenvalue weighted by Gasteiger charge is -2.35. The summed E-state index contributed by atoms with van der Waals surface area (Å²) in [4.78, 5) is 2.46. The van der Waals surface area contributed by atoms with Crippen molar-refractivity contribution in [1.82, 2.24) is 15.5 Å². The first-order chi connectivity index (χ1) is 14.0. The number of hydrogen-bond acceptors (Lipinski definition) is 4. The van der Waals surface area contributed by atoms with Crippen LogP contribution in [0.3, 0.4) is 0 Å². The van der Waals surface area contributed by atoms with Gasteiger partial charge in [-0.2, -0.15) is 0 Å². The molecule has 29 heavy (non-hydrogen) atoms. The normalized spacial score (nSPS) is 19.6. The molecule has 2 atom stereocenters. The highest BCUT2D eigenvalue weighted by Gasteiger charge is 2.21. The van der Waals surface area contributed by atoms with Gasteiger partial charge >= 0.3 is 0 Å². The second-order valence-electron chi connectivity index (χ2n) is 7.65. The third-order valence-electron chi connectivity index (χ3n) is 4.99.